The van der Waals surface area contributed by atoms with Gasteiger partial charge >= 0.3 is 0 Å². The fraction of sp³-hybridized carbons (Fsp3) is 0.769. The molecule has 0 radical (unpaired) electrons. The molecule has 0 bridgehead atoms. The van der Waals surface area contributed by atoms with Crippen LogP contribution < -0.4 is 5.32 Å². The minimum Gasteiger partial charge on any atom is -0.372 e. The molecule has 0 saturated carbocycles. The zero-order valence-electron chi connectivity index (χ0n) is 11.9. The zero-order chi connectivity index (χ0) is 14.2. The van der Waals surface area contributed by atoms with E-state index in [1.807, 2.05) is 13.8 Å². The van der Waals surface area contributed by atoms with Gasteiger partial charge in [0.2, 0.25) is 5.89 Å². The van der Waals surface area contributed by atoms with E-state index in [1.165, 1.54) is 0 Å². The summed E-state index contributed by atoms with van der Waals surface area (Å²) < 4.78 is 10.8. The molecule has 1 N–H and O–H groups in total. The largest absolute Gasteiger partial charge is 0.372 e. The highest BCUT2D eigenvalue weighted by atomic mass is 16.5. The van der Waals surface area contributed by atoms with Crippen molar-refractivity contribution in [2.45, 2.75) is 38.3 Å². The van der Waals surface area contributed by atoms with E-state index in [9.17, 15) is 4.79 Å². The highest BCUT2D eigenvalue weighted by molar-refractivity contribution is 5.90. The molecule has 0 spiro atoms. The van der Waals surface area contributed by atoms with Crippen LogP contribution in [0, 0.1) is 0 Å². The number of morpholine rings is 1. The van der Waals surface area contributed by atoms with Crippen molar-refractivity contribution in [1.29, 1.82) is 0 Å². The van der Waals surface area contributed by atoms with Crippen LogP contribution in [0.2, 0.25) is 0 Å². The summed E-state index contributed by atoms with van der Waals surface area (Å²) >= 11 is 0. The van der Waals surface area contributed by atoms with Gasteiger partial charge in [-0.05, 0) is 33.2 Å². The van der Waals surface area contributed by atoms with Crippen molar-refractivity contribution >= 4 is 5.91 Å². The predicted octanol–water partition coefficient (Wildman–Crippen LogP) is 0.745. The van der Waals surface area contributed by atoms with Crippen molar-refractivity contribution in [3.63, 3.8) is 0 Å². The Hall–Kier alpha value is -1.47. The van der Waals surface area contributed by atoms with E-state index >= 15 is 0 Å². The molecule has 2 aliphatic heterocycles. The molecular formula is C13H20N4O3. The highest BCUT2D eigenvalue weighted by Gasteiger charge is 2.33. The second kappa shape index (κ2) is 5.14. The van der Waals surface area contributed by atoms with Gasteiger partial charge in [0.05, 0.1) is 18.2 Å². The molecule has 110 valence electrons. The molecule has 1 unspecified atom stereocenters. The summed E-state index contributed by atoms with van der Waals surface area (Å²) in [5.74, 6) is 0.471. The van der Waals surface area contributed by atoms with Gasteiger partial charge in [-0.25, -0.2) is 0 Å². The summed E-state index contributed by atoms with van der Waals surface area (Å²) in [6, 6.07) is 0.0881. The van der Waals surface area contributed by atoms with Crippen molar-refractivity contribution in [2.24, 2.45) is 0 Å². The molecule has 1 aromatic heterocycles. The Morgan fingerprint density at radius 3 is 3.05 bits per heavy atom. The van der Waals surface area contributed by atoms with Gasteiger partial charge in [-0.2, -0.15) is 4.98 Å². The molecule has 1 aromatic rings. The van der Waals surface area contributed by atoms with Crippen LogP contribution in [-0.4, -0.2) is 52.8 Å². The molecule has 7 heteroatoms. The molecule has 3 heterocycles. The lowest BCUT2D eigenvalue weighted by atomic mass is 10.1. The second-order valence-electron chi connectivity index (χ2n) is 5.94. The average molecular weight is 280 g/mol. The van der Waals surface area contributed by atoms with E-state index in [0.717, 1.165) is 19.4 Å². The van der Waals surface area contributed by atoms with Crippen LogP contribution >= 0.6 is 0 Å². The smallest absolute Gasteiger partial charge is 0.295 e. The standard InChI is InChI=1S/C13H20N4O3/c1-13(2)8-17(6-7-19-13)12(18)10-15-11(20-16-10)9-4-3-5-14-9/h9,14H,3-8H2,1-2H3. The summed E-state index contributed by atoms with van der Waals surface area (Å²) in [6.45, 7) is 6.53. The maximum Gasteiger partial charge on any atom is 0.295 e. The molecule has 0 aliphatic carbocycles. The number of rotatable bonds is 2. The monoisotopic (exact) mass is 280 g/mol. The zero-order valence-corrected chi connectivity index (χ0v) is 11.9. The predicted molar refractivity (Wildman–Crippen MR) is 70.2 cm³/mol. The van der Waals surface area contributed by atoms with Gasteiger partial charge in [0, 0.05) is 13.1 Å². The molecular weight excluding hydrogens is 260 g/mol. The molecule has 7 nitrogen and oxygen atoms in total. The van der Waals surface area contributed by atoms with Gasteiger partial charge < -0.3 is 19.5 Å². The number of ether oxygens (including phenoxy) is 1. The number of nitrogens with zero attached hydrogens (tertiary/aromatic N) is 3. The average Bonchev–Trinajstić information content (AvgIpc) is 3.07. The van der Waals surface area contributed by atoms with Gasteiger partial charge in [-0.1, -0.05) is 5.16 Å². The van der Waals surface area contributed by atoms with Gasteiger partial charge in [0.25, 0.3) is 11.7 Å². The van der Waals surface area contributed by atoms with E-state index in [2.05, 4.69) is 15.5 Å². The lowest BCUT2D eigenvalue weighted by molar-refractivity contribution is -0.0766. The third-order valence-corrected chi connectivity index (χ3v) is 3.70. The van der Waals surface area contributed by atoms with E-state index in [-0.39, 0.29) is 23.4 Å². The van der Waals surface area contributed by atoms with Crippen molar-refractivity contribution in [2.75, 3.05) is 26.2 Å². The molecule has 1 amide bonds. The van der Waals surface area contributed by atoms with E-state index in [0.29, 0.717) is 25.6 Å². The Kier molecular flexibility index (Phi) is 3.47. The highest BCUT2D eigenvalue weighted by Crippen LogP contribution is 2.22. The number of aromatic nitrogens is 2. The van der Waals surface area contributed by atoms with Gasteiger partial charge in [0.1, 0.15) is 0 Å². The molecule has 2 fully saturated rings. The third-order valence-electron chi connectivity index (χ3n) is 3.70. The molecule has 20 heavy (non-hydrogen) atoms. The third kappa shape index (κ3) is 2.69. The SMILES string of the molecule is CC1(C)CN(C(=O)c2noc(C3CCCN3)n2)CCO1. The number of nitrogens with one attached hydrogen (secondary N) is 1. The van der Waals surface area contributed by atoms with E-state index in [4.69, 9.17) is 9.26 Å². The first-order valence-corrected chi connectivity index (χ1v) is 7.05. The van der Waals surface area contributed by atoms with Crippen LogP contribution in [0.1, 0.15) is 49.2 Å². The topological polar surface area (TPSA) is 80.5 Å². The molecule has 0 aromatic carbocycles. The number of carbonyl (C=O) groups excluding carboxylic acids is 1. The minimum absolute atomic E-state index is 0.0881. The Morgan fingerprint density at radius 1 is 1.50 bits per heavy atom. The van der Waals surface area contributed by atoms with Gasteiger partial charge in [-0.15, -0.1) is 0 Å². The fourth-order valence-electron chi connectivity index (χ4n) is 2.69. The molecule has 1 atom stereocenters. The van der Waals surface area contributed by atoms with Crippen LogP contribution in [0.25, 0.3) is 0 Å². The van der Waals surface area contributed by atoms with Crippen molar-refractivity contribution in [1.82, 2.24) is 20.4 Å². The first-order chi connectivity index (χ1) is 9.55. The fourth-order valence-corrected chi connectivity index (χ4v) is 2.69. The second-order valence-corrected chi connectivity index (χ2v) is 5.94. The van der Waals surface area contributed by atoms with Gasteiger partial charge in [0.15, 0.2) is 0 Å². The van der Waals surface area contributed by atoms with Crippen LogP contribution in [0.5, 0.6) is 0 Å². The maximum absolute atomic E-state index is 12.4. The van der Waals surface area contributed by atoms with Crippen molar-refractivity contribution < 1.29 is 14.1 Å². The van der Waals surface area contributed by atoms with E-state index in [1.54, 1.807) is 4.90 Å². The Labute approximate surface area is 117 Å². The summed E-state index contributed by atoms with van der Waals surface area (Å²) in [5.41, 5.74) is -0.326. The summed E-state index contributed by atoms with van der Waals surface area (Å²) in [5, 5.41) is 7.10. The minimum atomic E-state index is -0.326. The van der Waals surface area contributed by atoms with Crippen molar-refractivity contribution in [3.8, 4) is 0 Å². The normalized spacial score (nSPS) is 25.9. The van der Waals surface area contributed by atoms with Crippen LogP contribution in [0.4, 0.5) is 0 Å². The Bertz CT molecular complexity index is 494. The molecule has 2 aliphatic rings. The number of carbonyl (C=O) groups is 1. The van der Waals surface area contributed by atoms with Crippen LogP contribution in [0.15, 0.2) is 4.52 Å². The Morgan fingerprint density at radius 2 is 2.35 bits per heavy atom. The van der Waals surface area contributed by atoms with Crippen molar-refractivity contribution in [3.05, 3.63) is 11.7 Å². The quantitative estimate of drug-likeness (QED) is 0.861. The molecule has 3 rings (SSSR count). The Balaban J connectivity index is 1.70. The van der Waals surface area contributed by atoms with Crippen LogP contribution in [0.3, 0.4) is 0 Å². The number of hydrogen-bond acceptors (Lipinski definition) is 6. The first-order valence-electron chi connectivity index (χ1n) is 7.05. The van der Waals surface area contributed by atoms with Gasteiger partial charge in [-0.3, -0.25) is 4.79 Å². The van der Waals surface area contributed by atoms with Crippen LogP contribution in [-0.2, 0) is 4.74 Å². The lowest BCUT2D eigenvalue weighted by Crippen LogP contribution is -2.50. The summed E-state index contributed by atoms with van der Waals surface area (Å²) in [6.07, 6.45) is 2.06. The molecule has 2 saturated heterocycles. The number of hydrogen-bond donors (Lipinski definition) is 1. The van der Waals surface area contributed by atoms with E-state index < -0.39 is 0 Å². The first kappa shape index (κ1) is 13.5. The lowest BCUT2D eigenvalue weighted by Gasteiger charge is -2.37. The summed E-state index contributed by atoms with van der Waals surface area (Å²) in [7, 11) is 0. The summed E-state index contributed by atoms with van der Waals surface area (Å²) in [4.78, 5) is 18.3. The number of amides is 1. The maximum atomic E-state index is 12.4.